The summed E-state index contributed by atoms with van der Waals surface area (Å²) in [6.07, 6.45) is 3.30. The van der Waals surface area contributed by atoms with Crippen molar-refractivity contribution in [1.82, 2.24) is 14.5 Å². The predicted molar refractivity (Wildman–Crippen MR) is 111 cm³/mol. The van der Waals surface area contributed by atoms with Crippen LogP contribution in [0.1, 0.15) is 32.6 Å². The number of benzene rings is 1. The maximum absolute atomic E-state index is 12.9. The number of amides is 1. The first-order valence-corrected chi connectivity index (χ1v) is 12.0. The van der Waals surface area contributed by atoms with E-state index in [1.165, 1.54) is 22.9 Å². The third kappa shape index (κ3) is 4.82. The van der Waals surface area contributed by atoms with E-state index in [-0.39, 0.29) is 21.7 Å². The molecule has 6 nitrogen and oxygen atoms in total. The molecule has 1 unspecified atom stereocenters. The molecule has 1 atom stereocenters. The summed E-state index contributed by atoms with van der Waals surface area (Å²) in [5, 5.41) is 3.55. The van der Waals surface area contributed by atoms with Crippen molar-refractivity contribution in [2.45, 2.75) is 43.5 Å². The number of rotatable bonds is 6. The Bertz CT molecular complexity index is 811. The minimum Gasteiger partial charge on any atom is -0.354 e. The van der Waals surface area contributed by atoms with Crippen LogP contribution in [-0.4, -0.2) is 62.3 Å². The second-order valence-electron chi connectivity index (χ2n) is 7.42. The lowest BCUT2D eigenvalue weighted by atomic mass is 9.97. The molecule has 1 aromatic rings. The Morgan fingerprint density at radius 2 is 1.89 bits per heavy atom. The van der Waals surface area contributed by atoms with Gasteiger partial charge in [0.25, 0.3) is 0 Å². The van der Waals surface area contributed by atoms with Gasteiger partial charge in [-0.3, -0.25) is 9.69 Å². The number of hydrogen-bond acceptors (Lipinski definition) is 4. The maximum Gasteiger partial charge on any atom is 0.244 e. The highest BCUT2D eigenvalue weighted by atomic mass is 35.5. The van der Waals surface area contributed by atoms with Crippen molar-refractivity contribution in [3.8, 4) is 0 Å². The fourth-order valence-corrected chi connectivity index (χ4v) is 6.28. The SMILES string of the molecule is CCN1CCCC1CNC(=O)C1CCN(S(=O)(=O)c2cc(Cl)ccc2Cl)CC1. The van der Waals surface area contributed by atoms with Crippen LogP contribution in [0, 0.1) is 5.92 Å². The molecule has 2 saturated heterocycles. The van der Waals surface area contributed by atoms with E-state index >= 15 is 0 Å². The van der Waals surface area contributed by atoms with Crippen LogP contribution < -0.4 is 5.32 Å². The molecule has 0 saturated carbocycles. The number of nitrogens with zero attached hydrogens (tertiary/aromatic N) is 2. The number of carbonyl (C=O) groups is 1. The van der Waals surface area contributed by atoms with Crippen molar-refractivity contribution < 1.29 is 13.2 Å². The second-order valence-corrected chi connectivity index (χ2v) is 10.2. The van der Waals surface area contributed by atoms with E-state index in [1.807, 2.05) is 0 Å². The van der Waals surface area contributed by atoms with Crippen molar-refractivity contribution in [3.05, 3.63) is 28.2 Å². The fourth-order valence-electron chi connectivity index (χ4n) is 4.08. The Morgan fingerprint density at radius 1 is 1.18 bits per heavy atom. The molecule has 156 valence electrons. The Hall–Kier alpha value is -0.860. The molecular formula is C19H27Cl2N3O3S. The lowest BCUT2D eigenvalue weighted by molar-refractivity contribution is -0.126. The van der Waals surface area contributed by atoms with Gasteiger partial charge in [0.05, 0.1) is 5.02 Å². The first-order chi connectivity index (χ1) is 13.3. The van der Waals surface area contributed by atoms with Gasteiger partial charge in [0.15, 0.2) is 0 Å². The normalized spacial score (nSPS) is 22.5. The van der Waals surface area contributed by atoms with Crippen LogP contribution in [0.5, 0.6) is 0 Å². The van der Waals surface area contributed by atoms with Crippen LogP contribution in [0.15, 0.2) is 23.1 Å². The van der Waals surface area contributed by atoms with Crippen LogP contribution in [-0.2, 0) is 14.8 Å². The van der Waals surface area contributed by atoms with Gasteiger partial charge >= 0.3 is 0 Å². The van der Waals surface area contributed by atoms with Gasteiger partial charge in [0, 0.05) is 36.6 Å². The summed E-state index contributed by atoms with van der Waals surface area (Å²) in [4.78, 5) is 15.0. The first kappa shape index (κ1) is 21.8. The van der Waals surface area contributed by atoms with Crippen molar-refractivity contribution in [2.75, 3.05) is 32.7 Å². The zero-order valence-electron chi connectivity index (χ0n) is 16.0. The summed E-state index contributed by atoms with van der Waals surface area (Å²) >= 11 is 12.0. The number of sulfonamides is 1. The van der Waals surface area contributed by atoms with Crippen molar-refractivity contribution in [2.24, 2.45) is 5.92 Å². The van der Waals surface area contributed by atoms with E-state index in [9.17, 15) is 13.2 Å². The molecule has 0 aromatic heterocycles. The van der Waals surface area contributed by atoms with Crippen LogP contribution in [0.25, 0.3) is 0 Å². The smallest absolute Gasteiger partial charge is 0.244 e. The molecule has 28 heavy (non-hydrogen) atoms. The maximum atomic E-state index is 12.9. The average Bonchev–Trinajstić information content (AvgIpc) is 3.15. The van der Waals surface area contributed by atoms with Crippen molar-refractivity contribution in [3.63, 3.8) is 0 Å². The average molecular weight is 448 g/mol. The van der Waals surface area contributed by atoms with Crippen LogP contribution in [0.3, 0.4) is 0 Å². The first-order valence-electron chi connectivity index (χ1n) is 9.80. The van der Waals surface area contributed by atoms with Gasteiger partial charge in [-0.1, -0.05) is 30.1 Å². The quantitative estimate of drug-likeness (QED) is 0.727. The van der Waals surface area contributed by atoms with Crippen LogP contribution >= 0.6 is 23.2 Å². The number of hydrogen-bond donors (Lipinski definition) is 1. The summed E-state index contributed by atoms with van der Waals surface area (Å²) in [7, 11) is -3.72. The Balaban J connectivity index is 1.55. The molecule has 1 amide bonds. The minimum absolute atomic E-state index is 0.0189. The van der Waals surface area contributed by atoms with E-state index in [4.69, 9.17) is 23.2 Å². The molecule has 1 N–H and O–H groups in total. The van der Waals surface area contributed by atoms with E-state index in [1.54, 1.807) is 6.07 Å². The van der Waals surface area contributed by atoms with Gasteiger partial charge in [-0.15, -0.1) is 0 Å². The van der Waals surface area contributed by atoms with Gasteiger partial charge in [-0.05, 0) is 57.0 Å². The zero-order valence-corrected chi connectivity index (χ0v) is 18.4. The molecule has 0 radical (unpaired) electrons. The zero-order chi connectivity index (χ0) is 20.3. The fraction of sp³-hybridized carbons (Fsp3) is 0.632. The highest BCUT2D eigenvalue weighted by molar-refractivity contribution is 7.89. The number of halogens is 2. The van der Waals surface area contributed by atoms with Gasteiger partial charge < -0.3 is 5.32 Å². The third-order valence-corrected chi connectivity index (χ3v) is 8.37. The van der Waals surface area contributed by atoms with E-state index in [2.05, 4.69) is 17.1 Å². The van der Waals surface area contributed by atoms with Gasteiger partial charge in [-0.2, -0.15) is 4.31 Å². The second kappa shape index (κ2) is 9.30. The third-order valence-electron chi connectivity index (χ3n) is 5.75. The van der Waals surface area contributed by atoms with E-state index < -0.39 is 10.0 Å². The minimum atomic E-state index is -3.72. The number of likely N-dealkylation sites (tertiary alicyclic amines) is 1. The molecule has 0 aliphatic carbocycles. The molecule has 0 spiro atoms. The molecule has 2 aliphatic rings. The Morgan fingerprint density at radius 3 is 2.57 bits per heavy atom. The Kier molecular flexibility index (Phi) is 7.26. The Labute approximate surface area is 177 Å². The van der Waals surface area contributed by atoms with Gasteiger partial charge in [0.1, 0.15) is 4.90 Å². The summed E-state index contributed by atoms with van der Waals surface area (Å²) in [5.41, 5.74) is 0. The number of carbonyl (C=O) groups excluding carboxylic acids is 1. The standard InChI is InChI=1S/C19H27Cl2N3O3S/c1-2-23-9-3-4-16(23)13-22-19(25)14-7-10-24(11-8-14)28(26,27)18-12-15(20)5-6-17(18)21/h5-6,12,14,16H,2-4,7-11,13H2,1H3,(H,22,25). The van der Waals surface area contributed by atoms with Crippen molar-refractivity contribution >= 4 is 39.1 Å². The van der Waals surface area contributed by atoms with E-state index in [0.29, 0.717) is 43.5 Å². The summed E-state index contributed by atoms with van der Waals surface area (Å²) in [6, 6.07) is 4.83. The van der Waals surface area contributed by atoms with Gasteiger partial charge in [0.2, 0.25) is 15.9 Å². The highest BCUT2D eigenvalue weighted by Crippen LogP contribution is 2.30. The molecule has 9 heteroatoms. The highest BCUT2D eigenvalue weighted by Gasteiger charge is 2.33. The largest absolute Gasteiger partial charge is 0.354 e. The topological polar surface area (TPSA) is 69.7 Å². The summed E-state index contributed by atoms with van der Waals surface area (Å²) in [5.74, 6) is -0.126. The van der Waals surface area contributed by atoms with Gasteiger partial charge in [-0.25, -0.2) is 8.42 Å². The van der Waals surface area contributed by atoms with E-state index in [0.717, 1.165) is 19.5 Å². The van der Waals surface area contributed by atoms with Crippen LogP contribution in [0.2, 0.25) is 10.0 Å². The molecule has 3 rings (SSSR count). The molecule has 0 bridgehead atoms. The lowest BCUT2D eigenvalue weighted by Crippen LogP contribution is -2.45. The summed E-state index contributed by atoms with van der Waals surface area (Å²) in [6.45, 7) is 5.51. The lowest BCUT2D eigenvalue weighted by Gasteiger charge is -2.31. The molecule has 2 aliphatic heterocycles. The predicted octanol–water partition coefficient (Wildman–Crippen LogP) is 2.99. The number of likely N-dealkylation sites (N-methyl/N-ethyl adjacent to an activating group) is 1. The van der Waals surface area contributed by atoms with Crippen molar-refractivity contribution in [1.29, 1.82) is 0 Å². The summed E-state index contributed by atoms with van der Waals surface area (Å²) < 4.78 is 27.2. The molecule has 2 fully saturated rings. The molecule has 2 heterocycles. The van der Waals surface area contributed by atoms with Crippen LogP contribution in [0.4, 0.5) is 0 Å². The monoisotopic (exact) mass is 447 g/mol. The number of nitrogens with one attached hydrogen (secondary N) is 1. The molecular weight excluding hydrogens is 421 g/mol. The molecule has 1 aromatic carbocycles. The number of piperidine rings is 1.